The van der Waals surface area contributed by atoms with E-state index in [9.17, 15) is 23.1 Å². The van der Waals surface area contributed by atoms with Crippen molar-refractivity contribution in [2.75, 3.05) is 5.32 Å². The van der Waals surface area contributed by atoms with Gasteiger partial charge in [-0.25, -0.2) is 13.2 Å². The van der Waals surface area contributed by atoms with Gasteiger partial charge in [0.15, 0.2) is 0 Å². The van der Waals surface area contributed by atoms with E-state index in [4.69, 9.17) is 0 Å². The van der Waals surface area contributed by atoms with Gasteiger partial charge in [-0.3, -0.25) is 9.78 Å². The largest absolute Gasteiger partial charge is 0.480 e. The lowest BCUT2D eigenvalue weighted by molar-refractivity contribution is -0.138. The molecule has 0 aliphatic carbocycles. The van der Waals surface area contributed by atoms with E-state index in [2.05, 4.69) is 29.1 Å². The van der Waals surface area contributed by atoms with Gasteiger partial charge in [-0.15, -0.1) is 0 Å². The zero-order valence-corrected chi connectivity index (χ0v) is 23.0. The summed E-state index contributed by atoms with van der Waals surface area (Å²) >= 11 is 0.881. The molecule has 5 aromatic rings. The fraction of sp³-hybridized carbons (Fsp3) is 0.107. The van der Waals surface area contributed by atoms with Crippen LogP contribution in [0.5, 0.6) is 0 Å². The lowest BCUT2D eigenvalue weighted by Crippen LogP contribution is -2.42. The molecule has 208 valence electrons. The Morgan fingerprint density at radius 1 is 0.902 bits per heavy atom. The summed E-state index contributed by atoms with van der Waals surface area (Å²) in [6.07, 6.45) is 1.59. The summed E-state index contributed by atoms with van der Waals surface area (Å²) in [4.78, 5) is 28.3. The predicted molar refractivity (Wildman–Crippen MR) is 155 cm³/mol. The molecule has 5 rings (SSSR count). The number of carbonyl (C=O) groups is 2. The van der Waals surface area contributed by atoms with Crippen LogP contribution in [0.3, 0.4) is 0 Å². The molecule has 2 aromatic heterocycles. The van der Waals surface area contributed by atoms with Crippen LogP contribution in [0.15, 0.2) is 96.0 Å². The Labute approximate surface area is 239 Å². The number of sulfonamides is 1. The second-order valence-electron chi connectivity index (χ2n) is 9.01. The van der Waals surface area contributed by atoms with Gasteiger partial charge in [-0.2, -0.15) is 13.5 Å². The maximum atomic E-state index is 13.0. The van der Waals surface area contributed by atoms with Gasteiger partial charge in [0, 0.05) is 11.9 Å². The van der Waals surface area contributed by atoms with Gasteiger partial charge >= 0.3 is 12.0 Å². The van der Waals surface area contributed by atoms with Crippen LogP contribution >= 0.6 is 11.7 Å². The zero-order valence-electron chi connectivity index (χ0n) is 21.4. The third-order valence-electron chi connectivity index (χ3n) is 6.14. The van der Waals surface area contributed by atoms with Crippen molar-refractivity contribution >= 4 is 50.5 Å². The number of hydrogen-bond acceptors (Lipinski definition) is 8. The number of fused-ring (bicyclic) bond motifs is 1. The third kappa shape index (κ3) is 6.90. The van der Waals surface area contributed by atoms with Gasteiger partial charge in [-0.05, 0) is 59.5 Å². The second-order valence-corrected chi connectivity index (χ2v) is 11.2. The van der Waals surface area contributed by atoms with E-state index in [1.165, 1.54) is 12.1 Å². The Kier molecular flexibility index (Phi) is 8.29. The number of carboxylic acids is 1. The molecule has 2 heterocycles. The monoisotopic (exact) mass is 588 g/mol. The third-order valence-corrected chi connectivity index (χ3v) is 8.18. The van der Waals surface area contributed by atoms with Crippen LogP contribution in [0.4, 0.5) is 10.5 Å². The number of carbonyl (C=O) groups excluding carboxylic acids is 1. The number of aromatic nitrogens is 3. The maximum absolute atomic E-state index is 13.0. The Bertz CT molecular complexity index is 1790. The first-order chi connectivity index (χ1) is 19.8. The van der Waals surface area contributed by atoms with Crippen LogP contribution in [-0.4, -0.2) is 45.3 Å². The molecule has 13 heteroatoms. The minimum Gasteiger partial charge on any atom is -0.480 e. The molecule has 2 amide bonds. The number of nitrogens with one attached hydrogen (secondary N) is 3. The van der Waals surface area contributed by atoms with Crippen molar-refractivity contribution in [1.82, 2.24) is 23.8 Å². The SMILES string of the molecule is O=C(NCc1ccccn1)Nc1cccc(-c2ccc(C[C@H](NS(=O)(=O)c3cccc4nsnc34)C(=O)O)cc2)c1. The number of benzene rings is 3. The van der Waals surface area contributed by atoms with E-state index in [1.54, 1.807) is 36.5 Å². The predicted octanol–water partition coefficient (Wildman–Crippen LogP) is 4.05. The normalized spacial score (nSPS) is 12.1. The van der Waals surface area contributed by atoms with Gasteiger partial charge in [0.1, 0.15) is 22.0 Å². The number of urea groups is 1. The number of carboxylic acid groups (broad SMARTS) is 1. The summed E-state index contributed by atoms with van der Waals surface area (Å²) < 4.78 is 36.4. The second kappa shape index (κ2) is 12.2. The molecule has 3 aromatic carbocycles. The maximum Gasteiger partial charge on any atom is 0.322 e. The Hall–Kier alpha value is -4.72. The highest BCUT2D eigenvalue weighted by Crippen LogP contribution is 2.24. The number of rotatable bonds is 10. The van der Waals surface area contributed by atoms with Crippen LogP contribution in [-0.2, 0) is 27.8 Å². The number of hydrogen-bond donors (Lipinski definition) is 4. The van der Waals surface area contributed by atoms with Crippen LogP contribution in [0.1, 0.15) is 11.3 Å². The first-order valence-corrected chi connectivity index (χ1v) is 14.6. The first kappa shape index (κ1) is 27.8. The number of anilines is 1. The van der Waals surface area contributed by atoms with Gasteiger partial charge in [0.05, 0.1) is 24.0 Å². The molecule has 41 heavy (non-hydrogen) atoms. The van der Waals surface area contributed by atoms with E-state index in [1.807, 2.05) is 42.5 Å². The number of pyridine rings is 1. The standard InChI is InChI=1S/C28H24N6O5S2/c35-27(36)24(34-41(38,39)25-9-4-8-23-26(25)33-40-32-23)15-18-10-12-19(13-11-18)20-5-3-7-21(16-20)31-28(37)30-17-22-6-1-2-14-29-22/h1-14,16,24,34H,15,17H2,(H,35,36)(H2,30,31,37)/t24-/m0/s1. The summed E-state index contributed by atoms with van der Waals surface area (Å²) in [7, 11) is -4.18. The molecule has 0 unspecified atom stereocenters. The van der Waals surface area contributed by atoms with Crippen molar-refractivity contribution in [2.45, 2.75) is 23.9 Å². The molecule has 11 nitrogen and oxygen atoms in total. The minimum absolute atomic E-state index is 0.0713. The molecule has 4 N–H and O–H groups in total. The van der Waals surface area contributed by atoms with E-state index in [0.29, 0.717) is 23.3 Å². The van der Waals surface area contributed by atoms with Crippen molar-refractivity contribution < 1.29 is 23.1 Å². The first-order valence-electron chi connectivity index (χ1n) is 12.4. The Morgan fingerprint density at radius 2 is 1.71 bits per heavy atom. The highest BCUT2D eigenvalue weighted by molar-refractivity contribution is 7.89. The van der Waals surface area contributed by atoms with Crippen LogP contribution in [0.2, 0.25) is 0 Å². The highest BCUT2D eigenvalue weighted by Gasteiger charge is 2.28. The van der Waals surface area contributed by atoms with Crippen molar-refractivity contribution in [3.8, 4) is 11.1 Å². The van der Waals surface area contributed by atoms with E-state index in [0.717, 1.165) is 28.5 Å². The van der Waals surface area contributed by atoms with Crippen molar-refractivity contribution in [1.29, 1.82) is 0 Å². The molecular formula is C28H24N6O5S2. The van der Waals surface area contributed by atoms with E-state index >= 15 is 0 Å². The van der Waals surface area contributed by atoms with E-state index in [-0.39, 0.29) is 22.9 Å². The lowest BCUT2D eigenvalue weighted by atomic mass is 10.0. The smallest absolute Gasteiger partial charge is 0.322 e. The van der Waals surface area contributed by atoms with Crippen molar-refractivity contribution in [3.05, 3.63) is 102 Å². The number of amides is 2. The lowest BCUT2D eigenvalue weighted by Gasteiger charge is -2.15. The van der Waals surface area contributed by atoms with Gasteiger partial charge < -0.3 is 15.7 Å². The molecule has 0 fully saturated rings. The molecule has 0 bridgehead atoms. The summed E-state index contributed by atoms with van der Waals surface area (Å²) in [6.45, 7) is 0.291. The Balaban J connectivity index is 1.24. The van der Waals surface area contributed by atoms with Gasteiger partial charge in [-0.1, -0.05) is 48.5 Å². The van der Waals surface area contributed by atoms with Crippen LogP contribution in [0, 0.1) is 0 Å². The fourth-order valence-electron chi connectivity index (χ4n) is 4.12. The zero-order chi connectivity index (χ0) is 28.8. The Morgan fingerprint density at radius 3 is 2.46 bits per heavy atom. The van der Waals surface area contributed by atoms with Crippen molar-refractivity contribution in [2.24, 2.45) is 0 Å². The fourth-order valence-corrected chi connectivity index (χ4v) is 6.08. The molecule has 0 radical (unpaired) electrons. The molecule has 0 spiro atoms. The van der Waals surface area contributed by atoms with E-state index < -0.39 is 22.0 Å². The van der Waals surface area contributed by atoms with Crippen LogP contribution < -0.4 is 15.4 Å². The van der Waals surface area contributed by atoms with Gasteiger partial charge in [0.25, 0.3) is 0 Å². The summed E-state index contributed by atoms with van der Waals surface area (Å²) in [5.74, 6) is -1.30. The summed E-state index contributed by atoms with van der Waals surface area (Å²) in [5, 5.41) is 15.3. The molecule has 0 aliphatic heterocycles. The average molecular weight is 589 g/mol. The highest BCUT2D eigenvalue weighted by atomic mass is 32.2. The summed E-state index contributed by atoms with van der Waals surface area (Å²) in [5.41, 5.74) is 4.24. The van der Waals surface area contributed by atoms with Crippen molar-refractivity contribution in [3.63, 3.8) is 0 Å². The molecular weight excluding hydrogens is 564 g/mol. The molecule has 0 aliphatic rings. The summed E-state index contributed by atoms with van der Waals surface area (Å²) in [6, 6.07) is 22.6. The van der Waals surface area contributed by atoms with Crippen LogP contribution in [0.25, 0.3) is 22.2 Å². The molecule has 0 saturated carbocycles. The number of aliphatic carboxylic acids is 1. The number of nitrogens with zero attached hydrogens (tertiary/aromatic N) is 3. The molecule has 1 atom stereocenters. The quantitative estimate of drug-likeness (QED) is 0.190. The minimum atomic E-state index is -4.18. The molecule has 0 saturated heterocycles. The topological polar surface area (TPSA) is 163 Å². The van der Waals surface area contributed by atoms with Gasteiger partial charge in [0.2, 0.25) is 10.0 Å². The average Bonchev–Trinajstić information content (AvgIpc) is 3.46.